The molecule has 0 bridgehead atoms. The first-order valence-electron chi connectivity index (χ1n) is 6.11. The molecule has 5 heteroatoms. The smallest absolute Gasteiger partial charge is 0.156 e. The maximum absolute atomic E-state index is 12.1. The summed E-state index contributed by atoms with van der Waals surface area (Å²) in [6.45, 7) is 2.49. The Morgan fingerprint density at radius 1 is 1.33 bits per heavy atom. The topological polar surface area (TPSA) is 55.4 Å². The van der Waals surface area contributed by atoms with Gasteiger partial charge in [0.05, 0.1) is 18.1 Å². The van der Waals surface area contributed by atoms with Crippen LogP contribution in [0.2, 0.25) is 0 Å². The Morgan fingerprint density at radius 3 is 2.56 bits per heavy atom. The summed E-state index contributed by atoms with van der Waals surface area (Å²) in [5.41, 5.74) is 1.03. The summed E-state index contributed by atoms with van der Waals surface area (Å²) in [6, 6.07) is 7.59. The fourth-order valence-electron chi connectivity index (χ4n) is 2.32. The fourth-order valence-corrected chi connectivity index (χ4v) is 4.19. The van der Waals surface area contributed by atoms with Crippen molar-refractivity contribution < 1.29 is 13.2 Å². The largest absolute Gasteiger partial charge is 0.497 e. The number of hydrogen-bond acceptors (Lipinski definition) is 4. The van der Waals surface area contributed by atoms with E-state index >= 15 is 0 Å². The van der Waals surface area contributed by atoms with Crippen LogP contribution < -0.4 is 10.1 Å². The minimum absolute atomic E-state index is 0.00542. The zero-order valence-electron chi connectivity index (χ0n) is 10.7. The lowest BCUT2D eigenvalue weighted by Gasteiger charge is -2.30. The summed E-state index contributed by atoms with van der Waals surface area (Å²) < 4.78 is 29.2. The van der Waals surface area contributed by atoms with E-state index in [9.17, 15) is 8.42 Å². The first kappa shape index (κ1) is 13.4. The van der Waals surface area contributed by atoms with Crippen LogP contribution in [0, 0.1) is 0 Å². The van der Waals surface area contributed by atoms with Crippen LogP contribution in [-0.2, 0) is 16.3 Å². The fraction of sp³-hybridized carbons (Fsp3) is 0.538. The lowest BCUT2D eigenvalue weighted by molar-refractivity contribution is 0.414. The SMILES string of the molecule is COc1ccc(CC2C(C)NCCS2(=O)=O)cc1. The van der Waals surface area contributed by atoms with E-state index < -0.39 is 9.84 Å². The molecular weight excluding hydrogens is 250 g/mol. The van der Waals surface area contributed by atoms with Crippen molar-refractivity contribution in [2.45, 2.75) is 24.6 Å². The van der Waals surface area contributed by atoms with Crippen LogP contribution in [0.15, 0.2) is 24.3 Å². The molecule has 0 saturated carbocycles. The molecule has 18 heavy (non-hydrogen) atoms. The molecule has 0 aromatic heterocycles. The number of sulfone groups is 1. The first-order chi connectivity index (χ1) is 8.53. The number of methoxy groups -OCH3 is 1. The molecule has 1 aliphatic rings. The molecule has 1 N–H and O–H groups in total. The van der Waals surface area contributed by atoms with Gasteiger partial charge in [0.1, 0.15) is 5.75 Å². The third-order valence-corrected chi connectivity index (χ3v) is 5.74. The number of rotatable bonds is 3. The molecule has 100 valence electrons. The second kappa shape index (κ2) is 5.28. The average Bonchev–Trinajstić information content (AvgIpc) is 2.34. The predicted molar refractivity (Wildman–Crippen MR) is 71.7 cm³/mol. The lowest BCUT2D eigenvalue weighted by atomic mass is 10.1. The standard InChI is InChI=1S/C13H19NO3S/c1-10-13(18(15,16)8-7-14-10)9-11-3-5-12(17-2)6-4-11/h3-6,10,13-14H,7-9H2,1-2H3. The van der Waals surface area contributed by atoms with Crippen LogP contribution in [0.1, 0.15) is 12.5 Å². The van der Waals surface area contributed by atoms with E-state index in [-0.39, 0.29) is 17.0 Å². The number of benzene rings is 1. The summed E-state index contributed by atoms with van der Waals surface area (Å²) in [4.78, 5) is 0. The van der Waals surface area contributed by atoms with Crippen molar-refractivity contribution in [1.29, 1.82) is 0 Å². The monoisotopic (exact) mass is 269 g/mol. The summed E-state index contributed by atoms with van der Waals surface area (Å²) >= 11 is 0. The highest BCUT2D eigenvalue weighted by atomic mass is 32.2. The van der Waals surface area contributed by atoms with Crippen molar-refractivity contribution in [3.05, 3.63) is 29.8 Å². The van der Waals surface area contributed by atoms with Gasteiger partial charge in [0.2, 0.25) is 0 Å². The molecule has 2 rings (SSSR count). The number of nitrogens with one attached hydrogen (secondary N) is 1. The van der Waals surface area contributed by atoms with Crippen molar-refractivity contribution in [2.75, 3.05) is 19.4 Å². The number of hydrogen-bond donors (Lipinski definition) is 1. The Bertz CT molecular complexity index is 495. The van der Waals surface area contributed by atoms with E-state index in [0.29, 0.717) is 13.0 Å². The molecule has 1 fully saturated rings. The van der Waals surface area contributed by atoms with Gasteiger partial charge < -0.3 is 10.1 Å². The van der Waals surface area contributed by atoms with E-state index in [2.05, 4.69) is 5.32 Å². The Kier molecular flexibility index (Phi) is 3.92. The van der Waals surface area contributed by atoms with Crippen molar-refractivity contribution >= 4 is 9.84 Å². The van der Waals surface area contributed by atoms with Crippen LogP contribution in [0.25, 0.3) is 0 Å². The molecule has 1 aliphatic heterocycles. The molecule has 0 spiro atoms. The van der Waals surface area contributed by atoms with Gasteiger partial charge in [0.15, 0.2) is 9.84 Å². The summed E-state index contributed by atoms with van der Waals surface area (Å²) in [5, 5.41) is 2.89. The molecule has 1 saturated heterocycles. The van der Waals surface area contributed by atoms with E-state index in [1.807, 2.05) is 31.2 Å². The highest BCUT2D eigenvalue weighted by Gasteiger charge is 2.34. The maximum atomic E-state index is 12.1. The van der Waals surface area contributed by atoms with Gasteiger partial charge in [-0.3, -0.25) is 0 Å². The lowest BCUT2D eigenvalue weighted by Crippen LogP contribution is -2.51. The van der Waals surface area contributed by atoms with Gasteiger partial charge in [0.25, 0.3) is 0 Å². The molecule has 0 radical (unpaired) electrons. The normalized spacial score (nSPS) is 26.8. The predicted octanol–water partition coefficient (Wildman–Crippen LogP) is 1.01. The van der Waals surface area contributed by atoms with Gasteiger partial charge in [-0.1, -0.05) is 12.1 Å². The van der Waals surface area contributed by atoms with Crippen LogP contribution in [-0.4, -0.2) is 39.1 Å². The van der Waals surface area contributed by atoms with Crippen LogP contribution in [0.5, 0.6) is 5.75 Å². The molecule has 4 nitrogen and oxygen atoms in total. The highest BCUT2D eigenvalue weighted by Crippen LogP contribution is 2.19. The Morgan fingerprint density at radius 2 is 2.00 bits per heavy atom. The zero-order chi connectivity index (χ0) is 13.2. The third-order valence-electron chi connectivity index (χ3n) is 3.47. The van der Waals surface area contributed by atoms with E-state index in [1.54, 1.807) is 7.11 Å². The summed E-state index contributed by atoms with van der Waals surface area (Å²) in [6.07, 6.45) is 0.556. The van der Waals surface area contributed by atoms with Crippen molar-refractivity contribution in [1.82, 2.24) is 5.32 Å². The van der Waals surface area contributed by atoms with Gasteiger partial charge in [-0.2, -0.15) is 0 Å². The van der Waals surface area contributed by atoms with Crippen molar-refractivity contribution in [2.24, 2.45) is 0 Å². The Hall–Kier alpha value is -1.07. The van der Waals surface area contributed by atoms with Crippen molar-refractivity contribution in [3.63, 3.8) is 0 Å². The molecule has 0 aliphatic carbocycles. The average molecular weight is 269 g/mol. The van der Waals surface area contributed by atoms with Crippen LogP contribution in [0.3, 0.4) is 0 Å². The summed E-state index contributed by atoms with van der Waals surface area (Å²) in [5.74, 6) is 1.02. The zero-order valence-corrected chi connectivity index (χ0v) is 11.5. The minimum atomic E-state index is -2.98. The van der Waals surface area contributed by atoms with Crippen LogP contribution in [0.4, 0.5) is 0 Å². The Labute approximate surface area is 108 Å². The third kappa shape index (κ3) is 2.84. The van der Waals surface area contributed by atoms with Gasteiger partial charge >= 0.3 is 0 Å². The highest BCUT2D eigenvalue weighted by molar-refractivity contribution is 7.92. The van der Waals surface area contributed by atoms with Gasteiger partial charge in [0, 0.05) is 12.6 Å². The molecule has 1 aromatic rings. The van der Waals surface area contributed by atoms with Gasteiger partial charge in [-0.15, -0.1) is 0 Å². The molecule has 1 heterocycles. The molecule has 2 unspecified atom stereocenters. The molecule has 2 atom stereocenters. The van der Waals surface area contributed by atoms with Gasteiger partial charge in [-0.05, 0) is 31.0 Å². The maximum Gasteiger partial charge on any atom is 0.156 e. The van der Waals surface area contributed by atoms with Crippen molar-refractivity contribution in [3.8, 4) is 5.75 Å². The van der Waals surface area contributed by atoms with E-state index in [0.717, 1.165) is 11.3 Å². The molecule has 0 amide bonds. The van der Waals surface area contributed by atoms with Gasteiger partial charge in [-0.25, -0.2) is 8.42 Å². The quantitative estimate of drug-likeness (QED) is 0.890. The Balaban J connectivity index is 2.15. The van der Waals surface area contributed by atoms with Crippen LogP contribution >= 0.6 is 0 Å². The number of ether oxygens (including phenoxy) is 1. The molecular formula is C13H19NO3S. The summed E-state index contributed by atoms with van der Waals surface area (Å²) in [7, 11) is -1.36. The molecule has 1 aromatic carbocycles. The van der Waals surface area contributed by atoms with E-state index in [1.165, 1.54) is 0 Å². The second-order valence-electron chi connectivity index (χ2n) is 4.70. The minimum Gasteiger partial charge on any atom is -0.497 e. The van der Waals surface area contributed by atoms with E-state index in [4.69, 9.17) is 4.74 Å². The second-order valence-corrected chi connectivity index (χ2v) is 7.04. The first-order valence-corrected chi connectivity index (χ1v) is 7.82.